The average molecular weight is 582 g/mol. The van der Waals surface area contributed by atoms with Crippen LogP contribution < -0.4 is 9.80 Å². The Balaban J connectivity index is 1.11. The van der Waals surface area contributed by atoms with Crippen LogP contribution in [0.2, 0.25) is 0 Å². The van der Waals surface area contributed by atoms with Crippen LogP contribution in [0.5, 0.6) is 0 Å². The monoisotopic (exact) mass is 581 g/mol. The Morgan fingerprint density at radius 3 is 2.64 bits per heavy atom. The van der Waals surface area contributed by atoms with Gasteiger partial charge in [-0.15, -0.1) is 0 Å². The molecule has 5 aliphatic rings. The normalized spacial score (nSPS) is 27.3. The maximum Gasteiger partial charge on any atom is 0.280 e. The van der Waals surface area contributed by atoms with Crippen LogP contribution in [0.3, 0.4) is 0 Å². The van der Waals surface area contributed by atoms with Gasteiger partial charge >= 0.3 is 0 Å². The van der Waals surface area contributed by atoms with E-state index >= 15 is 0 Å². The van der Waals surface area contributed by atoms with Crippen LogP contribution in [0.4, 0.5) is 20.3 Å². The number of hydrogen-bond acceptors (Lipinski definition) is 7. The first kappa shape index (κ1) is 27.8. The second-order valence-electron chi connectivity index (χ2n) is 12.7. The fourth-order valence-corrected chi connectivity index (χ4v) is 8.07. The number of amides is 1. The lowest BCUT2D eigenvalue weighted by atomic mass is 9.84. The zero-order valence-corrected chi connectivity index (χ0v) is 24.6. The Morgan fingerprint density at radius 2 is 1.93 bits per heavy atom. The topological polar surface area (TPSA) is 70.0 Å². The van der Waals surface area contributed by atoms with E-state index in [-0.39, 0.29) is 17.6 Å². The average Bonchev–Trinajstić information content (AvgIpc) is 3.34. The van der Waals surface area contributed by atoms with Crippen molar-refractivity contribution in [2.45, 2.75) is 76.1 Å². The number of hydrogen-bond donors (Lipinski definition) is 0. The number of ether oxygens (including phenoxy) is 1. The molecule has 3 atom stereocenters. The van der Waals surface area contributed by atoms with E-state index < -0.39 is 12.0 Å². The highest BCUT2D eigenvalue weighted by molar-refractivity contribution is 5.87. The number of aromatic nitrogens is 3. The Kier molecular flexibility index (Phi) is 7.00. The van der Waals surface area contributed by atoms with Crippen molar-refractivity contribution in [3.8, 4) is 0 Å². The first-order valence-electron chi connectivity index (χ1n) is 15.5. The summed E-state index contributed by atoms with van der Waals surface area (Å²) in [5.41, 5.74) is 3.51. The molecule has 3 fully saturated rings. The molecular formula is C31H41F2N7O2. The summed E-state index contributed by atoms with van der Waals surface area (Å²) in [4.78, 5) is 25.5. The number of carbonyl (C=O) groups excluding carboxylic acids is 1. The Labute approximate surface area is 246 Å². The van der Waals surface area contributed by atoms with E-state index in [9.17, 15) is 13.6 Å². The molecule has 0 radical (unpaired) electrons. The molecular weight excluding hydrogens is 540 g/mol. The number of anilines is 2. The Hall–Kier alpha value is -3.05. The summed E-state index contributed by atoms with van der Waals surface area (Å²) in [5.74, 6) is 0.635. The summed E-state index contributed by atoms with van der Waals surface area (Å²) < 4.78 is 37.6. The SMILES string of the molecule is C=CC(=O)N1CCN(C2CN3c4cc(N5CCC6(CC5)OCC(C)n5ncc(C)c56)nc(C(F)F)c4CCCC23)CC1. The minimum atomic E-state index is -2.61. The molecule has 3 saturated heterocycles. The summed E-state index contributed by atoms with van der Waals surface area (Å²) in [7, 11) is 0. The van der Waals surface area contributed by atoms with Crippen molar-refractivity contribution in [1.29, 1.82) is 0 Å². The van der Waals surface area contributed by atoms with Gasteiger partial charge in [-0.25, -0.2) is 13.8 Å². The van der Waals surface area contributed by atoms with Gasteiger partial charge in [-0.1, -0.05) is 6.58 Å². The van der Waals surface area contributed by atoms with Crippen molar-refractivity contribution in [2.24, 2.45) is 0 Å². The van der Waals surface area contributed by atoms with E-state index in [0.29, 0.717) is 62.7 Å². The lowest BCUT2D eigenvalue weighted by Gasteiger charge is -2.55. The zero-order chi connectivity index (χ0) is 29.2. The molecule has 0 aliphatic carbocycles. The molecule has 7 rings (SSSR count). The number of carbonyl (C=O) groups is 1. The van der Waals surface area contributed by atoms with E-state index in [4.69, 9.17) is 4.74 Å². The molecule has 7 heterocycles. The number of aryl methyl sites for hydroxylation is 1. The van der Waals surface area contributed by atoms with Gasteiger partial charge in [-0.2, -0.15) is 5.10 Å². The van der Waals surface area contributed by atoms with E-state index in [1.807, 2.05) is 11.1 Å². The predicted octanol–water partition coefficient (Wildman–Crippen LogP) is 3.83. The maximum absolute atomic E-state index is 14.5. The minimum absolute atomic E-state index is 0.0122. The third-order valence-electron chi connectivity index (χ3n) is 10.4. The molecule has 226 valence electrons. The van der Waals surface area contributed by atoms with Gasteiger partial charge in [0.2, 0.25) is 5.91 Å². The number of piperidine rings is 1. The molecule has 0 N–H and O–H groups in total. The van der Waals surface area contributed by atoms with Crippen LogP contribution in [-0.4, -0.2) is 95.0 Å². The predicted molar refractivity (Wildman–Crippen MR) is 156 cm³/mol. The summed E-state index contributed by atoms with van der Waals surface area (Å²) in [5, 5.41) is 4.63. The van der Waals surface area contributed by atoms with Crippen LogP contribution in [0.25, 0.3) is 0 Å². The molecule has 3 unspecified atom stereocenters. The Morgan fingerprint density at radius 1 is 1.17 bits per heavy atom. The van der Waals surface area contributed by atoms with Crippen LogP contribution in [0.1, 0.15) is 67.6 Å². The van der Waals surface area contributed by atoms with Crippen molar-refractivity contribution < 1.29 is 18.3 Å². The van der Waals surface area contributed by atoms with E-state index in [2.05, 4.69) is 56.0 Å². The standard InChI is InChI=1S/C31H41F2N7O2/c1-4-27(41)38-14-12-36(13-15-38)25-18-39-23(25)7-5-6-22-24(39)16-26(35-28(22)30(32)33)37-10-8-31(9-11-37)29-20(2)17-34-40(29)21(3)19-42-31/h4,16-17,21,23,25,30H,1,5-15,18-19H2,2-3H3. The van der Waals surface area contributed by atoms with Crippen LogP contribution in [0.15, 0.2) is 24.9 Å². The van der Waals surface area contributed by atoms with E-state index in [0.717, 1.165) is 62.3 Å². The van der Waals surface area contributed by atoms with Crippen molar-refractivity contribution in [3.63, 3.8) is 0 Å². The molecule has 42 heavy (non-hydrogen) atoms. The number of halogens is 2. The lowest BCUT2D eigenvalue weighted by Crippen LogP contribution is -2.69. The molecule has 0 aromatic carbocycles. The second-order valence-corrected chi connectivity index (χ2v) is 12.7. The number of fused-ring (bicyclic) bond motifs is 5. The van der Waals surface area contributed by atoms with E-state index in [1.165, 1.54) is 6.08 Å². The minimum Gasteiger partial charge on any atom is -0.366 e. The first-order valence-corrected chi connectivity index (χ1v) is 15.5. The van der Waals surface area contributed by atoms with Gasteiger partial charge in [0.15, 0.2) is 0 Å². The van der Waals surface area contributed by atoms with Crippen molar-refractivity contribution in [1.82, 2.24) is 24.6 Å². The lowest BCUT2D eigenvalue weighted by molar-refractivity contribution is -0.128. The van der Waals surface area contributed by atoms with Crippen molar-refractivity contribution in [2.75, 3.05) is 62.2 Å². The molecule has 2 aromatic heterocycles. The van der Waals surface area contributed by atoms with Crippen LogP contribution in [0, 0.1) is 6.92 Å². The van der Waals surface area contributed by atoms with Gasteiger partial charge in [-0.3, -0.25) is 14.4 Å². The van der Waals surface area contributed by atoms with E-state index in [1.54, 1.807) is 0 Å². The third kappa shape index (κ3) is 4.42. The summed E-state index contributed by atoms with van der Waals surface area (Å²) in [6.07, 6.45) is 4.70. The third-order valence-corrected chi connectivity index (χ3v) is 10.4. The van der Waals surface area contributed by atoms with Gasteiger partial charge in [0, 0.05) is 75.2 Å². The van der Waals surface area contributed by atoms with Gasteiger partial charge in [0.05, 0.1) is 24.5 Å². The number of alkyl halides is 2. The molecule has 9 nitrogen and oxygen atoms in total. The first-order chi connectivity index (χ1) is 20.3. The highest BCUT2D eigenvalue weighted by Gasteiger charge is 2.47. The fraction of sp³-hybridized carbons (Fsp3) is 0.645. The largest absolute Gasteiger partial charge is 0.366 e. The quantitative estimate of drug-likeness (QED) is 0.509. The van der Waals surface area contributed by atoms with Gasteiger partial charge in [0.1, 0.15) is 17.1 Å². The smallest absolute Gasteiger partial charge is 0.280 e. The number of piperazine rings is 1. The number of rotatable bonds is 4. The highest BCUT2D eigenvalue weighted by Crippen LogP contribution is 2.46. The highest BCUT2D eigenvalue weighted by atomic mass is 19.3. The number of pyridine rings is 1. The van der Waals surface area contributed by atoms with Crippen LogP contribution >= 0.6 is 0 Å². The molecule has 11 heteroatoms. The number of nitrogens with zero attached hydrogens (tertiary/aromatic N) is 7. The molecule has 0 saturated carbocycles. The Bertz CT molecular complexity index is 1360. The fourth-order valence-electron chi connectivity index (χ4n) is 8.07. The van der Waals surface area contributed by atoms with Gasteiger partial charge in [-0.05, 0) is 57.6 Å². The van der Waals surface area contributed by atoms with Crippen LogP contribution in [-0.2, 0) is 21.6 Å². The van der Waals surface area contributed by atoms with Crippen molar-refractivity contribution >= 4 is 17.4 Å². The van der Waals surface area contributed by atoms with Gasteiger partial charge < -0.3 is 19.4 Å². The zero-order valence-electron chi connectivity index (χ0n) is 24.6. The molecule has 0 bridgehead atoms. The second kappa shape index (κ2) is 10.6. The van der Waals surface area contributed by atoms with Crippen molar-refractivity contribution in [3.05, 3.63) is 47.4 Å². The summed E-state index contributed by atoms with van der Waals surface area (Å²) in [6.45, 7) is 13.7. The maximum atomic E-state index is 14.5. The molecule has 5 aliphatic heterocycles. The molecule has 1 spiro atoms. The summed E-state index contributed by atoms with van der Waals surface area (Å²) in [6, 6.07) is 2.94. The summed E-state index contributed by atoms with van der Waals surface area (Å²) >= 11 is 0. The molecule has 1 amide bonds. The molecule has 2 aromatic rings. The van der Waals surface area contributed by atoms with Gasteiger partial charge in [0.25, 0.3) is 6.43 Å².